The molecule has 0 spiro atoms. The lowest BCUT2D eigenvalue weighted by molar-refractivity contribution is 0.866. The summed E-state index contributed by atoms with van der Waals surface area (Å²) in [6, 6.07) is 5.71. The Morgan fingerprint density at radius 1 is 1.60 bits per heavy atom. The summed E-state index contributed by atoms with van der Waals surface area (Å²) in [5.41, 5.74) is 1.43. The molecule has 2 N–H and O–H groups in total. The highest BCUT2D eigenvalue weighted by molar-refractivity contribution is 5.70. The summed E-state index contributed by atoms with van der Waals surface area (Å²) >= 11 is 0. The zero-order valence-electron chi connectivity index (χ0n) is 8.38. The van der Waals surface area contributed by atoms with E-state index in [0.717, 1.165) is 5.52 Å². The van der Waals surface area contributed by atoms with E-state index in [4.69, 9.17) is 11.1 Å². The maximum atomic E-state index is 8.88. The molecule has 0 bridgehead atoms. The molecule has 0 unspecified atom stereocenters. The van der Waals surface area contributed by atoms with E-state index in [9.17, 15) is 0 Å². The molecule has 2 aromatic rings. The average molecular weight is 201 g/mol. The Hall–Kier alpha value is -2.06. The number of hydrogen-bond donors (Lipinski definition) is 1. The lowest BCUT2D eigenvalue weighted by Gasteiger charge is -2.15. The Bertz CT molecular complexity index is 522. The van der Waals surface area contributed by atoms with E-state index in [0.29, 0.717) is 18.1 Å². The standard InChI is InChI=1S/C10H11N5/c1-2-15(12)10-9-4-3-8(7-11)14(9)6-5-13-10/h3-6H,2,12H2,1H3. The molecular weight excluding hydrogens is 190 g/mol. The van der Waals surface area contributed by atoms with Gasteiger partial charge in [0.15, 0.2) is 5.82 Å². The first-order valence-electron chi connectivity index (χ1n) is 4.66. The molecule has 0 aliphatic carbocycles. The summed E-state index contributed by atoms with van der Waals surface area (Å²) < 4.78 is 1.78. The van der Waals surface area contributed by atoms with Crippen LogP contribution < -0.4 is 10.9 Å². The summed E-state index contributed by atoms with van der Waals surface area (Å²) in [5.74, 6) is 6.47. The second-order valence-electron chi connectivity index (χ2n) is 3.12. The van der Waals surface area contributed by atoms with Gasteiger partial charge in [0.2, 0.25) is 0 Å². The van der Waals surface area contributed by atoms with Gasteiger partial charge >= 0.3 is 0 Å². The molecular formula is C10H11N5. The van der Waals surface area contributed by atoms with Crippen molar-refractivity contribution in [1.29, 1.82) is 5.26 Å². The van der Waals surface area contributed by atoms with Gasteiger partial charge in [0.25, 0.3) is 0 Å². The normalized spacial score (nSPS) is 10.2. The first-order valence-corrected chi connectivity index (χ1v) is 4.66. The van der Waals surface area contributed by atoms with E-state index >= 15 is 0 Å². The van der Waals surface area contributed by atoms with Crippen molar-refractivity contribution in [1.82, 2.24) is 9.38 Å². The predicted molar refractivity (Wildman–Crippen MR) is 57.1 cm³/mol. The van der Waals surface area contributed by atoms with Crippen LogP contribution >= 0.6 is 0 Å². The highest BCUT2D eigenvalue weighted by atomic mass is 15.4. The molecule has 15 heavy (non-hydrogen) atoms. The van der Waals surface area contributed by atoms with Crippen LogP contribution in [-0.4, -0.2) is 15.9 Å². The van der Waals surface area contributed by atoms with Gasteiger partial charge in [-0.1, -0.05) is 0 Å². The fourth-order valence-corrected chi connectivity index (χ4v) is 1.49. The van der Waals surface area contributed by atoms with Gasteiger partial charge in [-0.3, -0.25) is 5.01 Å². The number of hydrogen-bond acceptors (Lipinski definition) is 4. The second-order valence-corrected chi connectivity index (χ2v) is 3.12. The topological polar surface area (TPSA) is 70.3 Å². The third-order valence-corrected chi connectivity index (χ3v) is 2.29. The van der Waals surface area contributed by atoms with Gasteiger partial charge in [0.1, 0.15) is 11.8 Å². The summed E-state index contributed by atoms with van der Waals surface area (Å²) in [6.45, 7) is 2.61. The lowest BCUT2D eigenvalue weighted by Crippen LogP contribution is -2.31. The van der Waals surface area contributed by atoms with Crippen LogP contribution in [0.5, 0.6) is 0 Å². The summed E-state index contributed by atoms with van der Waals surface area (Å²) in [5, 5.41) is 10.4. The second kappa shape index (κ2) is 3.59. The SMILES string of the molecule is CCN(N)c1nccn2c(C#N)ccc12. The van der Waals surface area contributed by atoms with Crippen molar-refractivity contribution in [3.8, 4) is 6.07 Å². The van der Waals surface area contributed by atoms with Crippen LogP contribution in [0.3, 0.4) is 0 Å². The van der Waals surface area contributed by atoms with Gasteiger partial charge in [-0.05, 0) is 19.1 Å². The van der Waals surface area contributed by atoms with Crippen molar-refractivity contribution in [3.05, 3.63) is 30.2 Å². The number of nitrogens with zero attached hydrogens (tertiary/aromatic N) is 4. The molecule has 0 aliphatic heterocycles. The van der Waals surface area contributed by atoms with Crippen molar-refractivity contribution < 1.29 is 0 Å². The van der Waals surface area contributed by atoms with E-state index < -0.39 is 0 Å². The van der Waals surface area contributed by atoms with Gasteiger partial charge in [-0.25, -0.2) is 10.8 Å². The van der Waals surface area contributed by atoms with E-state index in [1.54, 1.807) is 27.9 Å². The third-order valence-electron chi connectivity index (χ3n) is 2.29. The average Bonchev–Trinajstić information content (AvgIpc) is 2.70. The van der Waals surface area contributed by atoms with Gasteiger partial charge in [-0.15, -0.1) is 0 Å². The first kappa shape index (κ1) is 9.49. The molecule has 2 rings (SSSR count). The minimum absolute atomic E-state index is 0.582. The molecule has 0 fully saturated rings. The molecule has 0 radical (unpaired) electrons. The Balaban J connectivity index is 2.68. The zero-order valence-corrected chi connectivity index (χ0v) is 8.38. The fraction of sp³-hybridized carbons (Fsp3) is 0.200. The molecule has 0 saturated carbocycles. The number of fused-ring (bicyclic) bond motifs is 1. The molecule has 5 nitrogen and oxygen atoms in total. The third kappa shape index (κ3) is 1.41. The van der Waals surface area contributed by atoms with Gasteiger partial charge in [0, 0.05) is 18.9 Å². The Kier molecular flexibility index (Phi) is 2.27. The molecule has 5 heteroatoms. The van der Waals surface area contributed by atoms with Crippen LogP contribution in [0.15, 0.2) is 24.5 Å². The Morgan fingerprint density at radius 3 is 3.07 bits per heavy atom. The monoisotopic (exact) mass is 201 g/mol. The molecule has 0 aromatic carbocycles. The van der Waals surface area contributed by atoms with E-state index in [1.165, 1.54) is 0 Å². The summed E-state index contributed by atoms with van der Waals surface area (Å²) in [7, 11) is 0. The van der Waals surface area contributed by atoms with E-state index in [1.807, 2.05) is 13.0 Å². The van der Waals surface area contributed by atoms with Crippen LogP contribution in [0.2, 0.25) is 0 Å². The number of hydrazine groups is 1. The zero-order chi connectivity index (χ0) is 10.8. The molecule has 0 atom stereocenters. The number of aromatic nitrogens is 2. The van der Waals surface area contributed by atoms with E-state index in [2.05, 4.69) is 11.1 Å². The molecule has 2 aromatic heterocycles. The van der Waals surface area contributed by atoms with Gasteiger partial charge < -0.3 is 4.40 Å². The van der Waals surface area contributed by atoms with Crippen LogP contribution in [0.4, 0.5) is 5.82 Å². The van der Waals surface area contributed by atoms with Crippen LogP contribution in [0, 0.1) is 11.3 Å². The maximum Gasteiger partial charge on any atom is 0.167 e. The highest BCUT2D eigenvalue weighted by Crippen LogP contribution is 2.18. The summed E-state index contributed by atoms with van der Waals surface area (Å²) in [6.07, 6.45) is 3.39. The van der Waals surface area contributed by atoms with Crippen molar-refractivity contribution in [2.45, 2.75) is 6.92 Å². The number of nitriles is 1. The van der Waals surface area contributed by atoms with Crippen LogP contribution in [0.25, 0.3) is 5.52 Å². The van der Waals surface area contributed by atoms with Crippen molar-refractivity contribution in [3.63, 3.8) is 0 Å². The first-order chi connectivity index (χ1) is 7.27. The van der Waals surface area contributed by atoms with Crippen molar-refractivity contribution >= 4 is 11.3 Å². The minimum Gasteiger partial charge on any atom is -0.303 e. The minimum atomic E-state index is 0.582. The Morgan fingerprint density at radius 2 is 2.40 bits per heavy atom. The number of rotatable bonds is 2. The Labute approximate surface area is 87.3 Å². The number of anilines is 1. The van der Waals surface area contributed by atoms with Gasteiger partial charge in [0.05, 0.1) is 5.52 Å². The highest BCUT2D eigenvalue weighted by Gasteiger charge is 2.09. The molecule has 0 saturated heterocycles. The smallest absolute Gasteiger partial charge is 0.167 e. The fourth-order valence-electron chi connectivity index (χ4n) is 1.49. The van der Waals surface area contributed by atoms with Crippen LogP contribution in [0.1, 0.15) is 12.6 Å². The molecule has 2 heterocycles. The van der Waals surface area contributed by atoms with Gasteiger partial charge in [-0.2, -0.15) is 5.26 Å². The van der Waals surface area contributed by atoms with Crippen molar-refractivity contribution in [2.24, 2.45) is 5.84 Å². The number of nitrogens with two attached hydrogens (primary N) is 1. The lowest BCUT2D eigenvalue weighted by atomic mass is 10.4. The van der Waals surface area contributed by atoms with Crippen LogP contribution in [-0.2, 0) is 0 Å². The predicted octanol–water partition coefficient (Wildman–Crippen LogP) is 0.906. The summed E-state index contributed by atoms with van der Waals surface area (Å²) in [4.78, 5) is 4.20. The molecule has 76 valence electrons. The largest absolute Gasteiger partial charge is 0.303 e. The molecule has 0 aliphatic rings. The van der Waals surface area contributed by atoms with E-state index in [-0.39, 0.29) is 0 Å². The maximum absolute atomic E-state index is 8.88. The quantitative estimate of drug-likeness (QED) is 0.579. The molecule has 0 amide bonds. The van der Waals surface area contributed by atoms with Crippen molar-refractivity contribution in [2.75, 3.05) is 11.6 Å².